The zero-order valence-electron chi connectivity index (χ0n) is 21.6. The van der Waals surface area contributed by atoms with E-state index in [1.165, 1.54) is 16.3 Å². The number of hydrogen-bond acceptors (Lipinski definition) is 6. The summed E-state index contributed by atoms with van der Waals surface area (Å²) < 4.78 is 5.59. The standard InChI is InChI=1S/C29H30N6O2/c1-19-8-6-9-20-10-7-11-22(26(19)20)24-14-25-23(16-31-24)27(33-18-32-25)34-12-13-35(21(17-34)15-30-5)28(36)37-29(2,3)4/h6-11,14,16,18,21H,12-13,15,17H2,1-4H3/t21-/m0/s1. The third-order valence-corrected chi connectivity index (χ3v) is 6.60. The number of aryl methyl sites for hydroxylation is 1. The van der Waals surface area contributed by atoms with E-state index in [-0.39, 0.29) is 18.7 Å². The number of carbonyl (C=O) groups is 1. The summed E-state index contributed by atoms with van der Waals surface area (Å²) in [4.78, 5) is 34.1. The quantitative estimate of drug-likeness (QED) is 0.350. The van der Waals surface area contributed by atoms with E-state index in [4.69, 9.17) is 16.3 Å². The number of fused-ring (bicyclic) bond motifs is 2. The number of carbonyl (C=O) groups excluding carboxylic acids is 1. The van der Waals surface area contributed by atoms with Gasteiger partial charge in [-0.05, 0) is 50.1 Å². The number of hydrogen-bond donors (Lipinski definition) is 0. The first-order valence-electron chi connectivity index (χ1n) is 12.4. The number of rotatable bonds is 3. The molecule has 5 rings (SSSR count). The lowest BCUT2D eigenvalue weighted by Gasteiger charge is -2.40. The number of piperazine rings is 1. The molecule has 37 heavy (non-hydrogen) atoms. The van der Waals surface area contributed by atoms with Crippen molar-refractivity contribution in [2.24, 2.45) is 0 Å². The first kappa shape index (κ1) is 24.4. The van der Waals surface area contributed by atoms with Crippen LogP contribution in [0.2, 0.25) is 0 Å². The summed E-state index contributed by atoms with van der Waals surface area (Å²) in [7, 11) is 0. The van der Waals surface area contributed by atoms with Crippen LogP contribution in [0.25, 0.3) is 37.8 Å². The molecule has 0 unspecified atom stereocenters. The van der Waals surface area contributed by atoms with Gasteiger partial charge in [0.2, 0.25) is 6.54 Å². The predicted octanol–water partition coefficient (Wildman–Crippen LogP) is 5.50. The molecular weight excluding hydrogens is 464 g/mol. The second kappa shape index (κ2) is 9.66. The maximum Gasteiger partial charge on any atom is 0.410 e. The summed E-state index contributed by atoms with van der Waals surface area (Å²) in [6.45, 7) is 16.8. The SMILES string of the molecule is [C-]#[N+]C[C@H]1CN(c2ncnc3cc(-c4cccc5cccc(C)c45)ncc23)CCN1C(=O)OC(C)(C)C. The van der Waals surface area contributed by atoms with Crippen LogP contribution in [0, 0.1) is 13.5 Å². The zero-order chi connectivity index (χ0) is 26.2. The van der Waals surface area contributed by atoms with Crippen molar-refractivity contribution in [3.63, 3.8) is 0 Å². The summed E-state index contributed by atoms with van der Waals surface area (Å²) in [6.07, 6.45) is 3.02. The van der Waals surface area contributed by atoms with Gasteiger partial charge in [0, 0.05) is 31.4 Å². The fourth-order valence-corrected chi connectivity index (χ4v) is 4.95. The molecule has 2 aromatic heterocycles. The molecule has 1 aliphatic heterocycles. The van der Waals surface area contributed by atoms with Crippen molar-refractivity contribution in [1.82, 2.24) is 19.9 Å². The van der Waals surface area contributed by atoms with Crippen molar-refractivity contribution in [2.75, 3.05) is 31.1 Å². The number of ether oxygens (including phenoxy) is 1. The van der Waals surface area contributed by atoms with Gasteiger partial charge in [0.25, 0.3) is 0 Å². The van der Waals surface area contributed by atoms with Gasteiger partial charge >= 0.3 is 6.09 Å². The number of benzene rings is 2. The molecule has 1 aliphatic rings. The Bertz CT molecular complexity index is 1520. The molecule has 8 nitrogen and oxygen atoms in total. The maximum absolute atomic E-state index is 12.8. The molecule has 1 saturated heterocycles. The summed E-state index contributed by atoms with van der Waals surface area (Å²) in [5, 5.41) is 3.21. The molecule has 1 amide bonds. The fraction of sp³-hybridized carbons (Fsp3) is 0.345. The molecule has 4 aromatic rings. The molecule has 1 atom stereocenters. The lowest BCUT2D eigenvalue weighted by atomic mass is 9.97. The molecule has 0 spiro atoms. The van der Waals surface area contributed by atoms with Crippen LogP contribution in [-0.2, 0) is 4.74 Å². The van der Waals surface area contributed by atoms with E-state index in [2.05, 4.69) is 63.0 Å². The minimum Gasteiger partial charge on any atom is -0.444 e. The number of amides is 1. The summed E-state index contributed by atoms with van der Waals surface area (Å²) in [6, 6.07) is 14.3. The topological polar surface area (TPSA) is 75.8 Å². The van der Waals surface area contributed by atoms with Crippen LogP contribution >= 0.6 is 0 Å². The summed E-state index contributed by atoms with van der Waals surface area (Å²) in [5.74, 6) is 0.761. The molecule has 0 radical (unpaired) electrons. The average molecular weight is 495 g/mol. The molecule has 2 aromatic carbocycles. The van der Waals surface area contributed by atoms with E-state index in [0.717, 1.165) is 28.0 Å². The summed E-state index contributed by atoms with van der Waals surface area (Å²) in [5.41, 5.74) is 3.34. The van der Waals surface area contributed by atoms with Crippen molar-refractivity contribution in [1.29, 1.82) is 0 Å². The molecule has 0 N–H and O–H groups in total. The van der Waals surface area contributed by atoms with Crippen molar-refractivity contribution >= 4 is 33.6 Å². The molecule has 0 aliphatic carbocycles. The highest BCUT2D eigenvalue weighted by atomic mass is 16.6. The van der Waals surface area contributed by atoms with E-state index in [9.17, 15) is 4.79 Å². The van der Waals surface area contributed by atoms with Gasteiger partial charge in [-0.1, -0.05) is 36.4 Å². The van der Waals surface area contributed by atoms with Gasteiger partial charge in [-0.25, -0.2) is 21.3 Å². The van der Waals surface area contributed by atoms with Crippen molar-refractivity contribution in [2.45, 2.75) is 39.3 Å². The molecule has 0 bridgehead atoms. The van der Waals surface area contributed by atoms with Gasteiger partial charge in [-0.15, -0.1) is 0 Å². The average Bonchev–Trinajstić information content (AvgIpc) is 2.87. The Labute approximate surface area is 216 Å². The van der Waals surface area contributed by atoms with Gasteiger partial charge in [0.05, 0.1) is 16.6 Å². The van der Waals surface area contributed by atoms with Gasteiger partial charge in [0.1, 0.15) is 23.8 Å². The van der Waals surface area contributed by atoms with Gasteiger partial charge in [0.15, 0.2) is 0 Å². The number of anilines is 1. The van der Waals surface area contributed by atoms with E-state index in [1.54, 1.807) is 11.2 Å². The molecule has 188 valence electrons. The fourth-order valence-electron chi connectivity index (χ4n) is 4.95. The minimum atomic E-state index is -0.592. The molecule has 1 fully saturated rings. The highest BCUT2D eigenvalue weighted by Crippen LogP contribution is 2.33. The molecule has 0 saturated carbocycles. The van der Waals surface area contributed by atoms with Crippen LogP contribution in [0.5, 0.6) is 0 Å². The van der Waals surface area contributed by atoms with Gasteiger partial charge in [-0.3, -0.25) is 9.88 Å². The van der Waals surface area contributed by atoms with Crippen molar-refractivity contribution in [3.05, 3.63) is 72.0 Å². The first-order chi connectivity index (χ1) is 17.7. The van der Waals surface area contributed by atoms with Crippen LogP contribution in [-0.4, -0.2) is 63.8 Å². The van der Waals surface area contributed by atoms with E-state index in [0.29, 0.717) is 19.6 Å². The van der Waals surface area contributed by atoms with Crippen LogP contribution in [0.4, 0.5) is 10.6 Å². The minimum absolute atomic E-state index is 0.196. The smallest absolute Gasteiger partial charge is 0.410 e. The normalized spacial score (nSPS) is 16.1. The van der Waals surface area contributed by atoms with Crippen LogP contribution < -0.4 is 4.90 Å². The maximum atomic E-state index is 12.8. The Morgan fingerprint density at radius 1 is 1.14 bits per heavy atom. The number of nitrogens with zero attached hydrogens (tertiary/aromatic N) is 6. The third kappa shape index (κ3) is 4.90. The van der Waals surface area contributed by atoms with E-state index < -0.39 is 5.60 Å². The molecule has 3 heterocycles. The van der Waals surface area contributed by atoms with E-state index in [1.807, 2.05) is 33.0 Å². The Balaban J connectivity index is 1.47. The van der Waals surface area contributed by atoms with Crippen LogP contribution in [0.15, 0.2) is 55.0 Å². The lowest BCUT2D eigenvalue weighted by molar-refractivity contribution is 0.0156. The Morgan fingerprint density at radius 2 is 1.92 bits per heavy atom. The number of aromatic nitrogens is 3. The largest absolute Gasteiger partial charge is 0.444 e. The summed E-state index contributed by atoms with van der Waals surface area (Å²) >= 11 is 0. The predicted molar refractivity (Wildman–Crippen MR) is 145 cm³/mol. The highest BCUT2D eigenvalue weighted by molar-refractivity contribution is 6.00. The highest BCUT2D eigenvalue weighted by Gasteiger charge is 2.36. The van der Waals surface area contributed by atoms with E-state index >= 15 is 0 Å². The van der Waals surface area contributed by atoms with Crippen LogP contribution in [0.1, 0.15) is 26.3 Å². The Morgan fingerprint density at radius 3 is 2.68 bits per heavy atom. The van der Waals surface area contributed by atoms with Crippen LogP contribution in [0.3, 0.4) is 0 Å². The van der Waals surface area contributed by atoms with Gasteiger partial charge in [-0.2, -0.15) is 0 Å². The Kier molecular flexibility index (Phi) is 6.38. The Hall–Kier alpha value is -4.25. The van der Waals surface area contributed by atoms with Crippen molar-refractivity contribution in [3.8, 4) is 11.3 Å². The monoisotopic (exact) mass is 494 g/mol. The van der Waals surface area contributed by atoms with Gasteiger partial charge < -0.3 is 14.5 Å². The third-order valence-electron chi connectivity index (χ3n) is 6.60. The lowest BCUT2D eigenvalue weighted by Crippen LogP contribution is -2.57. The number of pyridine rings is 1. The second-order valence-electron chi connectivity index (χ2n) is 10.4. The second-order valence-corrected chi connectivity index (χ2v) is 10.4. The van der Waals surface area contributed by atoms with Crippen molar-refractivity contribution < 1.29 is 9.53 Å². The molecule has 8 heteroatoms. The zero-order valence-corrected chi connectivity index (χ0v) is 21.6. The first-order valence-corrected chi connectivity index (χ1v) is 12.4. The molecular formula is C29H30N6O2.